The van der Waals surface area contributed by atoms with Crippen LogP contribution in [0, 0.1) is 5.92 Å². The van der Waals surface area contributed by atoms with Gasteiger partial charge in [0.25, 0.3) is 0 Å². The van der Waals surface area contributed by atoms with E-state index in [4.69, 9.17) is 4.74 Å². The minimum absolute atomic E-state index is 0.0128. The van der Waals surface area contributed by atoms with Gasteiger partial charge in [-0.3, -0.25) is 9.59 Å². The Morgan fingerprint density at radius 1 is 1.32 bits per heavy atom. The number of hydrogen-bond acceptors (Lipinski definition) is 3. The van der Waals surface area contributed by atoms with E-state index >= 15 is 0 Å². The molecule has 1 aliphatic heterocycles. The number of carbonyl (C=O) groups is 2. The van der Waals surface area contributed by atoms with Gasteiger partial charge in [-0.1, -0.05) is 0 Å². The molecular weight excluding hydrogens is 244 g/mol. The second-order valence-electron chi connectivity index (χ2n) is 6.15. The maximum atomic E-state index is 12.6. The first kappa shape index (κ1) is 14.3. The van der Waals surface area contributed by atoms with Gasteiger partial charge >= 0.3 is 0 Å². The van der Waals surface area contributed by atoms with Crippen molar-refractivity contribution in [1.29, 1.82) is 0 Å². The molecule has 108 valence electrons. The highest BCUT2D eigenvalue weighted by Crippen LogP contribution is 2.45. The molecule has 1 unspecified atom stereocenters. The SMILES string of the molecule is CCOCCN1C(=O)C(C)(C)NC(=O)C1(C)C1CC1. The Hall–Kier alpha value is -1.10. The molecule has 5 heteroatoms. The van der Waals surface area contributed by atoms with Crippen LogP contribution >= 0.6 is 0 Å². The Morgan fingerprint density at radius 3 is 2.47 bits per heavy atom. The molecule has 0 bridgehead atoms. The second-order valence-corrected chi connectivity index (χ2v) is 6.15. The van der Waals surface area contributed by atoms with Crippen molar-refractivity contribution in [2.75, 3.05) is 19.8 Å². The van der Waals surface area contributed by atoms with Crippen LogP contribution in [-0.2, 0) is 14.3 Å². The summed E-state index contributed by atoms with van der Waals surface area (Å²) in [6.07, 6.45) is 2.03. The Balaban J connectivity index is 2.23. The van der Waals surface area contributed by atoms with Crippen molar-refractivity contribution in [2.24, 2.45) is 5.92 Å². The monoisotopic (exact) mass is 268 g/mol. The molecule has 2 fully saturated rings. The fourth-order valence-electron chi connectivity index (χ4n) is 2.82. The van der Waals surface area contributed by atoms with E-state index in [-0.39, 0.29) is 17.7 Å². The minimum atomic E-state index is -0.822. The Morgan fingerprint density at radius 2 is 1.95 bits per heavy atom. The second kappa shape index (κ2) is 4.78. The number of hydrogen-bond donors (Lipinski definition) is 1. The Labute approximate surface area is 114 Å². The average Bonchev–Trinajstić information content (AvgIpc) is 3.15. The Kier molecular flexibility index (Phi) is 3.60. The number of ether oxygens (including phenoxy) is 1. The lowest BCUT2D eigenvalue weighted by Crippen LogP contribution is -2.74. The first-order chi connectivity index (χ1) is 8.84. The van der Waals surface area contributed by atoms with Crippen LogP contribution in [-0.4, -0.2) is 47.6 Å². The van der Waals surface area contributed by atoms with Gasteiger partial charge in [-0.2, -0.15) is 0 Å². The molecule has 2 aliphatic rings. The lowest BCUT2D eigenvalue weighted by molar-refractivity contribution is -0.163. The molecule has 1 N–H and O–H groups in total. The predicted octanol–water partition coefficient (Wildman–Crippen LogP) is 0.929. The van der Waals surface area contributed by atoms with Crippen molar-refractivity contribution in [1.82, 2.24) is 10.2 Å². The fraction of sp³-hybridized carbons (Fsp3) is 0.857. The summed E-state index contributed by atoms with van der Waals surface area (Å²) in [5, 5.41) is 2.87. The lowest BCUT2D eigenvalue weighted by Gasteiger charge is -2.49. The van der Waals surface area contributed by atoms with E-state index in [0.717, 1.165) is 12.8 Å². The van der Waals surface area contributed by atoms with Gasteiger partial charge in [-0.15, -0.1) is 0 Å². The molecule has 2 amide bonds. The number of piperazine rings is 1. The van der Waals surface area contributed by atoms with E-state index in [9.17, 15) is 9.59 Å². The van der Waals surface area contributed by atoms with Crippen LogP contribution in [0.25, 0.3) is 0 Å². The minimum Gasteiger partial charge on any atom is -0.380 e. The van der Waals surface area contributed by atoms with Crippen molar-refractivity contribution < 1.29 is 14.3 Å². The van der Waals surface area contributed by atoms with E-state index in [1.165, 1.54) is 0 Å². The van der Waals surface area contributed by atoms with E-state index in [0.29, 0.717) is 19.8 Å². The van der Waals surface area contributed by atoms with Crippen molar-refractivity contribution in [3.8, 4) is 0 Å². The first-order valence-electron chi connectivity index (χ1n) is 7.06. The quantitative estimate of drug-likeness (QED) is 0.755. The van der Waals surface area contributed by atoms with Gasteiger partial charge in [-0.25, -0.2) is 0 Å². The topological polar surface area (TPSA) is 58.6 Å². The molecule has 1 aliphatic carbocycles. The Bertz CT molecular complexity index is 390. The van der Waals surface area contributed by atoms with E-state index in [2.05, 4.69) is 5.32 Å². The van der Waals surface area contributed by atoms with Crippen molar-refractivity contribution in [2.45, 2.75) is 51.6 Å². The lowest BCUT2D eigenvalue weighted by atomic mass is 9.84. The summed E-state index contributed by atoms with van der Waals surface area (Å²) >= 11 is 0. The maximum Gasteiger partial charge on any atom is 0.248 e. The van der Waals surface area contributed by atoms with Crippen LogP contribution in [0.5, 0.6) is 0 Å². The van der Waals surface area contributed by atoms with E-state index in [1.54, 1.807) is 18.7 Å². The largest absolute Gasteiger partial charge is 0.380 e. The van der Waals surface area contributed by atoms with Crippen LogP contribution in [0.3, 0.4) is 0 Å². The molecule has 0 aromatic carbocycles. The summed E-state index contributed by atoms with van der Waals surface area (Å²) in [5.74, 6) is 0.242. The van der Waals surface area contributed by atoms with Crippen LogP contribution in [0.15, 0.2) is 0 Å². The summed E-state index contributed by atoms with van der Waals surface area (Å²) in [6.45, 7) is 8.91. The first-order valence-corrected chi connectivity index (χ1v) is 7.06. The van der Waals surface area contributed by atoms with Crippen LogP contribution in [0.2, 0.25) is 0 Å². The summed E-state index contributed by atoms with van der Waals surface area (Å²) in [7, 11) is 0. The zero-order valence-corrected chi connectivity index (χ0v) is 12.3. The zero-order chi connectivity index (χ0) is 14.3. The molecule has 19 heavy (non-hydrogen) atoms. The molecule has 5 nitrogen and oxygen atoms in total. The van der Waals surface area contributed by atoms with E-state index in [1.807, 2.05) is 13.8 Å². The maximum absolute atomic E-state index is 12.6. The van der Waals surface area contributed by atoms with Crippen molar-refractivity contribution in [3.05, 3.63) is 0 Å². The summed E-state index contributed by atoms with van der Waals surface area (Å²) in [5.41, 5.74) is -1.53. The third-order valence-corrected chi connectivity index (χ3v) is 4.26. The van der Waals surface area contributed by atoms with Crippen LogP contribution in [0.4, 0.5) is 0 Å². The van der Waals surface area contributed by atoms with Gasteiger partial charge in [0.1, 0.15) is 11.1 Å². The van der Waals surface area contributed by atoms with Gasteiger partial charge in [0.15, 0.2) is 0 Å². The van der Waals surface area contributed by atoms with Gasteiger partial charge < -0.3 is 15.0 Å². The smallest absolute Gasteiger partial charge is 0.248 e. The summed E-state index contributed by atoms with van der Waals surface area (Å²) in [4.78, 5) is 26.8. The zero-order valence-electron chi connectivity index (χ0n) is 12.3. The summed E-state index contributed by atoms with van der Waals surface area (Å²) in [6, 6.07) is 0. The highest BCUT2D eigenvalue weighted by molar-refractivity contribution is 6.02. The number of rotatable bonds is 5. The number of nitrogens with zero attached hydrogens (tertiary/aromatic N) is 1. The van der Waals surface area contributed by atoms with Gasteiger partial charge in [-0.05, 0) is 46.5 Å². The number of carbonyl (C=O) groups excluding carboxylic acids is 2. The van der Waals surface area contributed by atoms with E-state index < -0.39 is 11.1 Å². The molecule has 1 saturated carbocycles. The van der Waals surface area contributed by atoms with Gasteiger partial charge in [0.2, 0.25) is 11.8 Å². The number of nitrogens with one attached hydrogen (secondary N) is 1. The fourth-order valence-corrected chi connectivity index (χ4v) is 2.82. The highest BCUT2D eigenvalue weighted by atomic mass is 16.5. The van der Waals surface area contributed by atoms with Gasteiger partial charge in [0.05, 0.1) is 6.61 Å². The van der Waals surface area contributed by atoms with Crippen molar-refractivity contribution >= 4 is 11.8 Å². The molecule has 0 aromatic rings. The highest BCUT2D eigenvalue weighted by Gasteiger charge is 2.58. The molecule has 1 saturated heterocycles. The van der Waals surface area contributed by atoms with Crippen molar-refractivity contribution in [3.63, 3.8) is 0 Å². The summed E-state index contributed by atoms with van der Waals surface area (Å²) < 4.78 is 5.36. The number of amides is 2. The normalized spacial score (nSPS) is 30.4. The predicted molar refractivity (Wildman–Crippen MR) is 71.6 cm³/mol. The third kappa shape index (κ3) is 2.36. The molecule has 0 aromatic heterocycles. The molecule has 1 atom stereocenters. The molecular formula is C14H24N2O3. The van der Waals surface area contributed by atoms with Gasteiger partial charge in [0, 0.05) is 13.2 Å². The standard InChI is InChI=1S/C14H24N2O3/c1-5-19-9-8-16-12(18)13(2,3)15-11(17)14(16,4)10-6-7-10/h10H,5-9H2,1-4H3,(H,15,17). The molecule has 0 spiro atoms. The molecule has 1 heterocycles. The third-order valence-electron chi connectivity index (χ3n) is 4.26. The average molecular weight is 268 g/mol. The molecule has 2 rings (SSSR count). The van der Waals surface area contributed by atoms with Crippen LogP contribution < -0.4 is 5.32 Å². The molecule has 0 radical (unpaired) electrons. The van der Waals surface area contributed by atoms with Crippen LogP contribution in [0.1, 0.15) is 40.5 Å².